The van der Waals surface area contributed by atoms with E-state index < -0.39 is 5.97 Å². The minimum Gasteiger partial charge on any atom is -0.478 e. The molecule has 0 amide bonds. The van der Waals surface area contributed by atoms with E-state index in [4.69, 9.17) is 4.98 Å². The topological polar surface area (TPSA) is 88.0 Å². The Morgan fingerprint density at radius 3 is 2.72 bits per heavy atom. The first-order valence-corrected chi connectivity index (χ1v) is 9.61. The molecule has 0 saturated carbocycles. The van der Waals surface area contributed by atoms with E-state index in [9.17, 15) is 9.90 Å². The Bertz CT molecular complexity index is 1240. The molecule has 0 aliphatic heterocycles. The molecule has 146 valence electrons. The largest absolute Gasteiger partial charge is 0.478 e. The molecule has 2 N–H and O–H groups in total. The van der Waals surface area contributed by atoms with E-state index in [-0.39, 0.29) is 11.6 Å². The Morgan fingerprint density at radius 1 is 1.17 bits per heavy atom. The van der Waals surface area contributed by atoms with Crippen LogP contribution in [0, 0.1) is 6.92 Å². The van der Waals surface area contributed by atoms with Gasteiger partial charge in [-0.2, -0.15) is 0 Å². The molecule has 0 saturated heterocycles. The molecular weight excluding hydrogens is 364 g/mol. The van der Waals surface area contributed by atoms with E-state index in [0.717, 1.165) is 45.0 Å². The molecule has 29 heavy (non-hydrogen) atoms. The second-order valence-corrected chi connectivity index (χ2v) is 7.14. The summed E-state index contributed by atoms with van der Waals surface area (Å²) in [5.41, 5.74) is 5.64. The number of hydrogen-bond donors (Lipinski definition) is 2. The predicted octanol–water partition coefficient (Wildman–Crippen LogP) is 4.92. The lowest BCUT2D eigenvalue weighted by Crippen LogP contribution is -2.12. The van der Waals surface area contributed by atoms with Crippen LogP contribution in [0.1, 0.15) is 47.1 Å². The van der Waals surface area contributed by atoms with E-state index in [2.05, 4.69) is 34.3 Å². The van der Waals surface area contributed by atoms with Gasteiger partial charge in [-0.25, -0.2) is 14.8 Å². The van der Waals surface area contributed by atoms with Gasteiger partial charge in [0.2, 0.25) is 0 Å². The molecule has 1 atom stereocenters. The van der Waals surface area contributed by atoms with Gasteiger partial charge in [-0.05, 0) is 55.7 Å². The van der Waals surface area contributed by atoms with Crippen LogP contribution in [0.4, 0.5) is 5.69 Å². The average Bonchev–Trinajstić information content (AvgIpc) is 2.73. The van der Waals surface area contributed by atoms with E-state index in [0.29, 0.717) is 5.69 Å². The van der Waals surface area contributed by atoms with Crippen molar-refractivity contribution in [2.75, 3.05) is 5.32 Å². The van der Waals surface area contributed by atoms with Crippen molar-refractivity contribution in [1.29, 1.82) is 0 Å². The summed E-state index contributed by atoms with van der Waals surface area (Å²) in [5.74, 6) is -0.952. The molecule has 2 aromatic heterocycles. The molecule has 1 unspecified atom stereocenters. The van der Waals surface area contributed by atoms with Crippen molar-refractivity contribution in [3.05, 3.63) is 71.3 Å². The highest BCUT2D eigenvalue weighted by atomic mass is 16.4. The van der Waals surface area contributed by atoms with Crippen molar-refractivity contribution in [2.45, 2.75) is 33.2 Å². The van der Waals surface area contributed by atoms with Crippen LogP contribution in [0.3, 0.4) is 0 Å². The number of hydrogen-bond acceptors (Lipinski definition) is 5. The lowest BCUT2D eigenvalue weighted by Gasteiger charge is -2.20. The SMILES string of the molecule is CCc1cc2c(C(C)Nc3ccccc3C(=O)O)cc(C)nc2c2ncncc12. The number of nitrogens with zero attached hydrogens (tertiary/aromatic N) is 3. The molecule has 0 spiro atoms. The fraction of sp³-hybridized carbons (Fsp3) is 0.217. The third kappa shape index (κ3) is 3.38. The van der Waals surface area contributed by atoms with Gasteiger partial charge in [0.1, 0.15) is 11.8 Å². The third-order valence-corrected chi connectivity index (χ3v) is 5.20. The molecule has 4 aromatic rings. The van der Waals surface area contributed by atoms with E-state index in [1.165, 1.54) is 0 Å². The molecule has 0 radical (unpaired) electrons. The van der Waals surface area contributed by atoms with Crippen molar-refractivity contribution in [3.63, 3.8) is 0 Å². The van der Waals surface area contributed by atoms with Gasteiger partial charge in [-0.3, -0.25) is 4.98 Å². The number of para-hydroxylation sites is 1. The average molecular weight is 386 g/mol. The van der Waals surface area contributed by atoms with E-state index in [1.807, 2.05) is 26.1 Å². The van der Waals surface area contributed by atoms with Crippen molar-refractivity contribution >= 4 is 33.5 Å². The second kappa shape index (κ2) is 7.47. The Morgan fingerprint density at radius 2 is 1.97 bits per heavy atom. The van der Waals surface area contributed by atoms with Crippen LogP contribution < -0.4 is 5.32 Å². The van der Waals surface area contributed by atoms with Crippen LogP contribution in [0.5, 0.6) is 0 Å². The minimum absolute atomic E-state index is 0.122. The maximum atomic E-state index is 11.6. The van der Waals surface area contributed by atoms with Gasteiger partial charge in [0, 0.05) is 34.4 Å². The number of anilines is 1. The highest BCUT2D eigenvalue weighted by molar-refractivity contribution is 6.05. The molecule has 0 aliphatic rings. The van der Waals surface area contributed by atoms with Gasteiger partial charge in [-0.15, -0.1) is 0 Å². The molecule has 6 heteroatoms. The van der Waals surface area contributed by atoms with Crippen LogP contribution in [0.25, 0.3) is 21.8 Å². The normalized spacial score (nSPS) is 12.2. The van der Waals surface area contributed by atoms with Crippen molar-refractivity contribution < 1.29 is 9.90 Å². The number of pyridine rings is 1. The van der Waals surface area contributed by atoms with Gasteiger partial charge in [0.05, 0.1) is 11.1 Å². The fourth-order valence-electron chi connectivity index (χ4n) is 3.80. The lowest BCUT2D eigenvalue weighted by molar-refractivity contribution is 0.0698. The number of aromatic nitrogens is 3. The Labute approximate surface area is 168 Å². The summed E-state index contributed by atoms with van der Waals surface area (Å²) < 4.78 is 0. The minimum atomic E-state index is -0.952. The Kier molecular flexibility index (Phi) is 4.84. The number of rotatable bonds is 5. The highest BCUT2D eigenvalue weighted by Gasteiger charge is 2.18. The molecular formula is C23H22N4O2. The summed E-state index contributed by atoms with van der Waals surface area (Å²) in [4.78, 5) is 25.0. The number of aromatic carboxylic acids is 1. The van der Waals surface area contributed by atoms with Crippen LogP contribution in [0.2, 0.25) is 0 Å². The quantitative estimate of drug-likeness (QED) is 0.473. The Balaban J connectivity index is 1.90. The molecule has 0 fully saturated rings. The number of aryl methyl sites for hydroxylation is 2. The zero-order valence-corrected chi connectivity index (χ0v) is 16.6. The first kappa shape index (κ1) is 18.8. The predicted molar refractivity (Wildman–Crippen MR) is 114 cm³/mol. The van der Waals surface area contributed by atoms with Gasteiger partial charge in [0.15, 0.2) is 0 Å². The number of carbonyl (C=O) groups is 1. The molecule has 0 bridgehead atoms. The maximum Gasteiger partial charge on any atom is 0.337 e. The summed E-state index contributed by atoms with van der Waals surface area (Å²) in [6.07, 6.45) is 4.25. The number of nitrogens with one attached hydrogen (secondary N) is 1. The Hall–Kier alpha value is -3.54. The van der Waals surface area contributed by atoms with Crippen molar-refractivity contribution in [2.24, 2.45) is 0 Å². The van der Waals surface area contributed by atoms with Gasteiger partial charge in [-0.1, -0.05) is 19.1 Å². The van der Waals surface area contributed by atoms with Crippen LogP contribution in [-0.2, 0) is 6.42 Å². The zero-order chi connectivity index (χ0) is 20.5. The molecule has 2 heterocycles. The molecule has 2 aromatic carbocycles. The summed E-state index contributed by atoms with van der Waals surface area (Å²) in [7, 11) is 0. The van der Waals surface area contributed by atoms with Crippen LogP contribution >= 0.6 is 0 Å². The van der Waals surface area contributed by atoms with Gasteiger partial charge in [0.25, 0.3) is 0 Å². The standard InChI is InChI=1S/C23H22N4O2/c1-4-15-10-18-17(14(3)27-20-8-6-5-7-16(20)23(28)29)9-13(2)26-22(18)21-19(15)11-24-12-25-21/h5-12,14,27H,4H2,1-3H3,(H,28,29). The van der Waals surface area contributed by atoms with E-state index in [1.54, 1.807) is 24.5 Å². The van der Waals surface area contributed by atoms with Gasteiger partial charge >= 0.3 is 5.97 Å². The van der Waals surface area contributed by atoms with Gasteiger partial charge < -0.3 is 10.4 Å². The molecule has 6 nitrogen and oxygen atoms in total. The van der Waals surface area contributed by atoms with Crippen LogP contribution in [-0.4, -0.2) is 26.0 Å². The fourth-order valence-corrected chi connectivity index (χ4v) is 3.80. The van der Waals surface area contributed by atoms with E-state index >= 15 is 0 Å². The summed E-state index contributed by atoms with van der Waals surface area (Å²) in [6, 6.07) is 11.0. The first-order valence-electron chi connectivity index (χ1n) is 9.61. The summed E-state index contributed by atoms with van der Waals surface area (Å²) in [6.45, 7) is 6.10. The number of carboxylic acid groups (broad SMARTS) is 1. The monoisotopic (exact) mass is 386 g/mol. The smallest absolute Gasteiger partial charge is 0.337 e. The second-order valence-electron chi connectivity index (χ2n) is 7.14. The first-order chi connectivity index (χ1) is 14.0. The van der Waals surface area contributed by atoms with Crippen molar-refractivity contribution in [1.82, 2.24) is 15.0 Å². The maximum absolute atomic E-state index is 11.6. The van der Waals surface area contributed by atoms with Crippen molar-refractivity contribution in [3.8, 4) is 0 Å². The third-order valence-electron chi connectivity index (χ3n) is 5.20. The summed E-state index contributed by atoms with van der Waals surface area (Å²) >= 11 is 0. The number of fused-ring (bicyclic) bond motifs is 3. The van der Waals surface area contributed by atoms with Crippen LogP contribution in [0.15, 0.2) is 48.9 Å². The highest BCUT2D eigenvalue weighted by Crippen LogP contribution is 2.33. The number of carboxylic acids is 1. The number of benzene rings is 2. The zero-order valence-electron chi connectivity index (χ0n) is 16.6. The molecule has 0 aliphatic carbocycles. The lowest BCUT2D eigenvalue weighted by atomic mass is 9.96. The summed E-state index contributed by atoms with van der Waals surface area (Å²) in [5, 5.41) is 14.9. The molecule has 4 rings (SSSR count).